The second kappa shape index (κ2) is 5.90. The molecule has 0 unspecified atom stereocenters. The highest BCUT2D eigenvalue weighted by Gasteiger charge is 2.60. The van der Waals surface area contributed by atoms with E-state index in [9.17, 15) is 14.4 Å². The number of ketones is 2. The first-order valence-corrected chi connectivity index (χ1v) is 9.91. The van der Waals surface area contributed by atoms with Crippen LogP contribution < -0.4 is 0 Å². The van der Waals surface area contributed by atoms with Crippen LogP contribution in [-0.4, -0.2) is 23.6 Å². The third-order valence-electron chi connectivity index (χ3n) is 7.98. The molecule has 4 heteroatoms. The molecule has 0 aromatic heterocycles. The number of hydrogen-bond donors (Lipinski definition) is 0. The highest BCUT2D eigenvalue weighted by atomic mass is 16.5. The van der Waals surface area contributed by atoms with Gasteiger partial charge in [0.2, 0.25) is 0 Å². The lowest BCUT2D eigenvalue weighted by molar-refractivity contribution is -0.155. The van der Waals surface area contributed by atoms with Gasteiger partial charge in [-0.25, -0.2) is 0 Å². The van der Waals surface area contributed by atoms with Crippen LogP contribution in [0, 0.1) is 28.6 Å². The average molecular weight is 356 g/mol. The van der Waals surface area contributed by atoms with E-state index in [-0.39, 0.29) is 16.6 Å². The van der Waals surface area contributed by atoms with Crippen molar-refractivity contribution in [2.24, 2.45) is 28.6 Å². The second-order valence-electron chi connectivity index (χ2n) is 8.95. The van der Waals surface area contributed by atoms with E-state index in [2.05, 4.69) is 13.5 Å². The van der Waals surface area contributed by atoms with Gasteiger partial charge in [-0.05, 0) is 55.9 Å². The van der Waals surface area contributed by atoms with Gasteiger partial charge >= 0.3 is 5.97 Å². The van der Waals surface area contributed by atoms with Crippen molar-refractivity contribution in [2.75, 3.05) is 0 Å². The Balaban J connectivity index is 1.71. The predicted molar refractivity (Wildman–Crippen MR) is 97.2 cm³/mol. The minimum Gasteiger partial charge on any atom is -0.454 e. The zero-order valence-corrected chi connectivity index (χ0v) is 15.8. The topological polar surface area (TPSA) is 60.4 Å². The number of allylic oxidation sites excluding steroid dienone is 2. The van der Waals surface area contributed by atoms with Crippen molar-refractivity contribution in [1.82, 2.24) is 0 Å². The third-order valence-corrected chi connectivity index (χ3v) is 7.98. The van der Waals surface area contributed by atoms with E-state index in [1.54, 1.807) is 6.08 Å². The van der Waals surface area contributed by atoms with Gasteiger partial charge in [0.05, 0.1) is 0 Å². The van der Waals surface area contributed by atoms with Gasteiger partial charge in [0.1, 0.15) is 5.78 Å². The van der Waals surface area contributed by atoms with E-state index in [4.69, 9.17) is 4.74 Å². The van der Waals surface area contributed by atoms with Crippen LogP contribution >= 0.6 is 0 Å². The molecule has 0 aromatic carbocycles. The van der Waals surface area contributed by atoms with Crippen LogP contribution in [0.4, 0.5) is 0 Å². The molecule has 0 heterocycles. The molecule has 0 saturated heterocycles. The molecule has 0 radical (unpaired) electrons. The van der Waals surface area contributed by atoms with Gasteiger partial charge in [0.15, 0.2) is 11.9 Å². The van der Waals surface area contributed by atoms with Crippen LogP contribution in [0.15, 0.2) is 24.3 Å². The van der Waals surface area contributed by atoms with Gasteiger partial charge < -0.3 is 4.74 Å². The Morgan fingerprint density at radius 1 is 1.23 bits per heavy atom. The number of carbonyl (C=O) groups excluding carboxylic acids is 3. The minimum atomic E-state index is -0.702. The summed E-state index contributed by atoms with van der Waals surface area (Å²) in [6.07, 6.45) is 9.09. The molecule has 0 amide bonds. The highest BCUT2D eigenvalue weighted by molar-refractivity contribution is 5.97. The lowest BCUT2D eigenvalue weighted by Gasteiger charge is -2.57. The largest absolute Gasteiger partial charge is 0.454 e. The number of Topliss-reactive ketones (excluding diaryl/α,β-unsaturated/α-hetero) is 1. The predicted octanol–water partition coefficient (Wildman–Crippen LogP) is 3.80. The summed E-state index contributed by atoms with van der Waals surface area (Å²) in [6, 6.07) is 0. The molecule has 0 spiro atoms. The molecule has 6 atom stereocenters. The van der Waals surface area contributed by atoms with Gasteiger partial charge in [0, 0.05) is 30.6 Å². The van der Waals surface area contributed by atoms with Crippen LogP contribution in [0.5, 0.6) is 0 Å². The normalized spacial score (nSPS) is 44.5. The van der Waals surface area contributed by atoms with E-state index in [0.29, 0.717) is 36.4 Å². The van der Waals surface area contributed by atoms with Crippen LogP contribution in [-0.2, 0) is 19.1 Å². The van der Waals surface area contributed by atoms with Crippen molar-refractivity contribution in [3.05, 3.63) is 24.3 Å². The lowest BCUT2D eigenvalue weighted by Crippen LogP contribution is -2.53. The molecule has 4 rings (SSSR count). The van der Waals surface area contributed by atoms with Crippen molar-refractivity contribution < 1.29 is 19.1 Å². The van der Waals surface area contributed by atoms with Crippen molar-refractivity contribution >= 4 is 17.5 Å². The Morgan fingerprint density at radius 3 is 2.69 bits per heavy atom. The smallest absolute Gasteiger partial charge is 0.303 e. The lowest BCUT2D eigenvalue weighted by atomic mass is 9.47. The molecule has 3 saturated carbocycles. The summed E-state index contributed by atoms with van der Waals surface area (Å²) in [5.41, 5.74) is 0.726. The van der Waals surface area contributed by atoms with Crippen molar-refractivity contribution in [1.29, 1.82) is 0 Å². The summed E-state index contributed by atoms with van der Waals surface area (Å²) in [6.45, 7) is 7.67. The Kier molecular flexibility index (Phi) is 4.01. The van der Waals surface area contributed by atoms with Crippen molar-refractivity contribution in [3.63, 3.8) is 0 Å². The van der Waals surface area contributed by atoms with E-state index < -0.39 is 12.1 Å². The van der Waals surface area contributed by atoms with E-state index in [0.717, 1.165) is 37.7 Å². The molecule has 3 fully saturated rings. The fourth-order valence-electron chi connectivity index (χ4n) is 6.72. The molecule has 4 nitrogen and oxygen atoms in total. The van der Waals surface area contributed by atoms with Gasteiger partial charge in [-0.15, -0.1) is 6.58 Å². The van der Waals surface area contributed by atoms with Gasteiger partial charge in [-0.1, -0.05) is 18.6 Å². The molecule has 0 aromatic rings. The van der Waals surface area contributed by atoms with Gasteiger partial charge in [-0.2, -0.15) is 0 Å². The summed E-state index contributed by atoms with van der Waals surface area (Å²) in [7, 11) is 0. The zero-order valence-electron chi connectivity index (χ0n) is 15.8. The third kappa shape index (κ3) is 2.30. The van der Waals surface area contributed by atoms with Crippen LogP contribution in [0.2, 0.25) is 0 Å². The molecule has 0 bridgehead atoms. The van der Waals surface area contributed by atoms with Crippen LogP contribution in [0.1, 0.15) is 58.8 Å². The Hall–Kier alpha value is -1.71. The molecular formula is C22H28O4. The standard InChI is InChI=1S/C22H28O4/c1-4-22-12-19(26-13(2)23)18(24)11-14(22)5-6-15-16-7-8-20(25)21(16,3)10-9-17(15)22/h4,11,15-17,19H,1,5-10,12H2,2-3H3/t15-,16-,17-,19-,21-,22-/m0/s1. The first-order chi connectivity index (χ1) is 12.3. The number of hydrogen-bond acceptors (Lipinski definition) is 4. The Morgan fingerprint density at radius 2 is 2.00 bits per heavy atom. The number of rotatable bonds is 2. The number of carbonyl (C=O) groups is 3. The van der Waals surface area contributed by atoms with Gasteiger partial charge in [-0.3, -0.25) is 14.4 Å². The quantitative estimate of drug-likeness (QED) is 0.558. The summed E-state index contributed by atoms with van der Waals surface area (Å²) < 4.78 is 5.35. The van der Waals surface area contributed by atoms with E-state index in [1.165, 1.54) is 6.92 Å². The summed E-state index contributed by atoms with van der Waals surface area (Å²) in [5.74, 6) is 1.24. The summed E-state index contributed by atoms with van der Waals surface area (Å²) >= 11 is 0. The molecule has 4 aliphatic rings. The zero-order chi connectivity index (χ0) is 18.7. The molecule has 140 valence electrons. The van der Waals surface area contributed by atoms with Crippen LogP contribution in [0.25, 0.3) is 0 Å². The Labute approximate surface area is 155 Å². The minimum absolute atomic E-state index is 0.0946. The van der Waals surface area contributed by atoms with Crippen molar-refractivity contribution in [2.45, 2.75) is 64.9 Å². The molecule has 4 aliphatic carbocycles. The Bertz CT molecular complexity index is 720. The second-order valence-corrected chi connectivity index (χ2v) is 8.95. The van der Waals surface area contributed by atoms with E-state index in [1.807, 2.05) is 6.08 Å². The first-order valence-electron chi connectivity index (χ1n) is 9.91. The highest BCUT2D eigenvalue weighted by Crippen LogP contribution is 2.64. The summed E-state index contributed by atoms with van der Waals surface area (Å²) in [5, 5.41) is 0. The molecule has 26 heavy (non-hydrogen) atoms. The average Bonchev–Trinajstić information content (AvgIpc) is 2.90. The molecule has 0 aliphatic heterocycles. The SMILES string of the molecule is C=C[C@]12C[C@H](OC(C)=O)C(=O)C=C1CC[C@@H]1[C@@H]2CC[C@]2(C)C(=O)CC[C@@H]12. The summed E-state index contributed by atoms with van der Waals surface area (Å²) in [4.78, 5) is 36.4. The fourth-order valence-corrected chi connectivity index (χ4v) is 6.72. The fraction of sp³-hybridized carbons (Fsp3) is 0.682. The number of fused-ring (bicyclic) bond motifs is 5. The maximum atomic E-state index is 12.5. The van der Waals surface area contributed by atoms with E-state index >= 15 is 0 Å². The maximum absolute atomic E-state index is 12.5. The maximum Gasteiger partial charge on any atom is 0.303 e. The van der Waals surface area contributed by atoms with Crippen LogP contribution in [0.3, 0.4) is 0 Å². The first kappa shape index (κ1) is 17.7. The number of esters is 1. The van der Waals surface area contributed by atoms with Crippen molar-refractivity contribution in [3.8, 4) is 0 Å². The van der Waals surface area contributed by atoms with Gasteiger partial charge in [0.25, 0.3) is 0 Å². The molecular weight excluding hydrogens is 328 g/mol. The number of ether oxygens (including phenoxy) is 1. The monoisotopic (exact) mass is 356 g/mol. The molecule has 0 N–H and O–H groups in total.